The van der Waals surface area contributed by atoms with Crippen molar-refractivity contribution in [2.45, 2.75) is 19.0 Å². The second-order valence-corrected chi connectivity index (χ2v) is 8.18. The summed E-state index contributed by atoms with van der Waals surface area (Å²) in [6.07, 6.45) is 4.06. The molecule has 0 radical (unpaired) electrons. The van der Waals surface area contributed by atoms with Crippen LogP contribution in [0.4, 0.5) is 4.79 Å². The van der Waals surface area contributed by atoms with E-state index in [0.717, 1.165) is 11.3 Å². The molecule has 24 heavy (non-hydrogen) atoms. The fourth-order valence-electron chi connectivity index (χ4n) is 2.72. The van der Waals surface area contributed by atoms with Crippen LogP contribution < -0.4 is 5.32 Å². The van der Waals surface area contributed by atoms with Crippen molar-refractivity contribution < 1.29 is 13.2 Å². The van der Waals surface area contributed by atoms with Gasteiger partial charge < -0.3 is 10.2 Å². The SMILES string of the molecule is CN(C(=O)NCc1cnn(-c2ccccc2)c1)[C@@H]1CCS(=O)(=O)C1. The number of nitrogens with zero attached hydrogens (tertiary/aromatic N) is 3. The highest BCUT2D eigenvalue weighted by Crippen LogP contribution is 2.16. The van der Waals surface area contributed by atoms with Gasteiger partial charge >= 0.3 is 6.03 Å². The summed E-state index contributed by atoms with van der Waals surface area (Å²) in [5, 5.41) is 7.08. The van der Waals surface area contributed by atoms with Crippen LogP contribution >= 0.6 is 0 Å². The average Bonchev–Trinajstić information content (AvgIpc) is 3.19. The van der Waals surface area contributed by atoms with Gasteiger partial charge in [0.05, 0.1) is 23.4 Å². The number of sulfone groups is 1. The minimum atomic E-state index is -3.00. The zero-order valence-electron chi connectivity index (χ0n) is 13.4. The molecule has 2 aromatic rings. The number of urea groups is 1. The molecule has 3 rings (SSSR count). The number of para-hydroxylation sites is 1. The van der Waals surface area contributed by atoms with Crippen LogP contribution in [0.3, 0.4) is 0 Å². The van der Waals surface area contributed by atoms with Crippen LogP contribution in [0.1, 0.15) is 12.0 Å². The van der Waals surface area contributed by atoms with E-state index in [2.05, 4.69) is 10.4 Å². The largest absolute Gasteiger partial charge is 0.334 e. The van der Waals surface area contributed by atoms with Gasteiger partial charge in [0.25, 0.3) is 0 Å². The van der Waals surface area contributed by atoms with Gasteiger partial charge in [-0.25, -0.2) is 17.9 Å². The topological polar surface area (TPSA) is 84.3 Å². The lowest BCUT2D eigenvalue weighted by Crippen LogP contribution is -2.43. The molecule has 1 aliphatic heterocycles. The van der Waals surface area contributed by atoms with Gasteiger partial charge in [0, 0.05) is 31.4 Å². The van der Waals surface area contributed by atoms with E-state index in [1.54, 1.807) is 17.9 Å². The van der Waals surface area contributed by atoms with E-state index in [1.165, 1.54) is 4.90 Å². The summed E-state index contributed by atoms with van der Waals surface area (Å²) >= 11 is 0. The molecule has 0 saturated carbocycles. The summed E-state index contributed by atoms with van der Waals surface area (Å²) in [5.74, 6) is 0.196. The molecular weight excluding hydrogens is 328 g/mol. The number of carbonyl (C=O) groups excluding carboxylic acids is 1. The lowest BCUT2D eigenvalue weighted by molar-refractivity contribution is 0.194. The quantitative estimate of drug-likeness (QED) is 0.900. The Kier molecular flexibility index (Phi) is 4.57. The molecule has 0 unspecified atom stereocenters. The Balaban J connectivity index is 1.56. The van der Waals surface area contributed by atoms with Crippen LogP contribution in [0, 0.1) is 0 Å². The van der Waals surface area contributed by atoms with Crippen LogP contribution in [-0.4, -0.2) is 53.7 Å². The van der Waals surface area contributed by atoms with E-state index < -0.39 is 9.84 Å². The number of hydrogen-bond acceptors (Lipinski definition) is 4. The summed E-state index contributed by atoms with van der Waals surface area (Å²) in [5.41, 5.74) is 1.82. The van der Waals surface area contributed by atoms with E-state index in [9.17, 15) is 13.2 Å². The molecule has 2 heterocycles. The van der Waals surface area contributed by atoms with Crippen molar-refractivity contribution in [1.29, 1.82) is 0 Å². The Morgan fingerprint density at radius 3 is 2.79 bits per heavy atom. The van der Waals surface area contributed by atoms with Crippen LogP contribution in [0.15, 0.2) is 42.7 Å². The Bertz CT molecular complexity index is 817. The van der Waals surface area contributed by atoms with Crippen LogP contribution in [0.2, 0.25) is 0 Å². The maximum Gasteiger partial charge on any atom is 0.317 e. The van der Waals surface area contributed by atoms with Crippen LogP contribution in [-0.2, 0) is 16.4 Å². The first-order valence-corrected chi connectivity index (χ1v) is 9.57. The Hall–Kier alpha value is -2.35. The summed E-state index contributed by atoms with van der Waals surface area (Å²) in [7, 11) is -1.37. The lowest BCUT2D eigenvalue weighted by Gasteiger charge is -2.23. The number of rotatable bonds is 4. The number of nitrogens with one attached hydrogen (secondary N) is 1. The first-order chi connectivity index (χ1) is 11.4. The molecule has 1 aromatic carbocycles. The second kappa shape index (κ2) is 6.64. The highest BCUT2D eigenvalue weighted by atomic mass is 32.2. The zero-order valence-corrected chi connectivity index (χ0v) is 14.2. The zero-order chi connectivity index (χ0) is 17.2. The van der Waals surface area contributed by atoms with Gasteiger partial charge in [-0.2, -0.15) is 5.10 Å². The third-order valence-corrected chi connectivity index (χ3v) is 5.93. The standard InChI is InChI=1S/C16H20N4O3S/c1-19(15-7-8-24(22,23)12-15)16(21)17-9-13-10-18-20(11-13)14-5-3-2-4-6-14/h2-6,10-11,15H,7-9,12H2,1H3,(H,17,21)/t15-/m1/s1. The van der Waals surface area contributed by atoms with Crippen molar-refractivity contribution in [3.8, 4) is 5.69 Å². The van der Waals surface area contributed by atoms with Gasteiger partial charge in [0.2, 0.25) is 0 Å². The van der Waals surface area contributed by atoms with Crippen molar-refractivity contribution in [3.63, 3.8) is 0 Å². The summed E-state index contributed by atoms with van der Waals surface area (Å²) in [4.78, 5) is 13.7. The van der Waals surface area contributed by atoms with E-state index in [0.29, 0.717) is 13.0 Å². The van der Waals surface area contributed by atoms with Gasteiger partial charge in [0.15, 0.2) is 9.84 Å². The Morgan fingerprint density at radius 2 is 2.12 bits per heavy atom. The molecule has 128 valence electrons. The average molecular weight is 348 g/mol. The number of hydrogen-bond donors (Lipinski definition) is 1. The highest BCUT2D eigenvalue weighted by molar-refractivity contribution is 7.91. The highest BCUT2D eigenvalue weighted by Gasteiger charge is 2.32. The van der Waals surface area contributed by atoms with Crippen LogP contribution in [0.25, 0.3) is 5.69 Å². The number of aromatic nitrogens is 2. The molecular formula is C16H20N4O3S. The van der Waals surface area contributed by atoms with Crippen molar-refractivity contribution in [2.24, 2.45) is 0 Å². The molecule has 1 aromatic heterocycles. The van der Waals surface area contributed by atoms with E-state index in [-0.39, 0.29) is 23.6 Å². The fourth-order valence-corrected chi connectivity index (χ4v) is 4.50. The van der Waals surface area contributed by atoms with E-state index in [1.807, 2.05) is 36.5 Å². The van der Waals surface area contributed by atoms with Gasteiger partial charge in [-0.1, -0.05) is 18.2 Å². The molecule has 1 fully saturated rings. The molecule has 1 N–H and O–H groups in total. The lowest BCUT2D eigenvalue weighted by atomic mass is 10.2. The third kappa shape index (κ3) is 3.76. The summed E-state index contributed by atoms with van der Waals surface area (Å²) < 4.78 is 24.8. The normalized spacial score (nSPS) is 19.1. The maximum atomic E-state index is 12.2. The van der Waals surface area contributed by atoms with Crippen molar-refractivity contribution in [1.82, 2.24) is 20.0 Å². The summed E-state index contributed by atoms with van der Waals surface area (Å²) in [6.45, 7) is 0.343. The fraction of sp³-hybridized carbons (Fsp3) is 0.375. The molecule has 1 atom stereocenters. The molecule has 8 heteroatoms. The predicted octanol–water partition coefficient (Wildman–Crippen LogP) is 1.20. The Morgan fingerprint density at radius 1 is 1.38 bits per heavy atom. The van der Waals surface area contributed by atoms with Crippen molar-refractivity contribution in [3.05, 3.63) is 48.3 Å². The molecule has 0 spiro atoms. The predicted molar refractivity (Wildman–Crippen MR) is 90.6 cm³/mol. The first-order valence-electron chi connectivity index (χ1n) is 7.75. The minimum absolute atomic E-state index is 0.0445. The molecule has 1 aliphatic rings. The van der Waals surface area contributed by atoms with Gasteiger partial charge in [-0.3, -0.25) is 0 Å². The number of carbonyl (C=O) groups is 1. The number of benzene rings is 1. The molecule has 2 amide bonds. The second-order valence-electron chi connectivity index (χ2n) is 5.96. The van der Waals surface area contributed by atoms with Crippen molar-refractivity contribution >= 4 is 15.9 Å². The third-order valence-electron chi connectivity index (χ3n) is 4.18. The monoisotopic (exact) mass is 348 g/mol. The minimum Gasteiger partial charge on any atom is -0.334 e. The molecule has 7 nitrogen and oxygen atoms in total. The van der Waals surface area contributed by atoms with Gasteiger partial charge in [0.1, 0.15) is 0 Å². The van der Waals surface area contributed by atoms with Crippen molar-refractivity contribution in [2.75, 3.05) is 18.6 Å². The van der Waals surface area contributed by atoms with E-state index >= 15 is 0 Å². The van der Waals surface area contributed by atoms with Crippen LogP contribution in [0.5, 0.6) is 0 Å². The Labute approximate surface area is 141 Å². The smallest absolute Gasteiger partial charge is 0.317 e. The molecule has 0 bridgehead atoms. The molecule has 1 saturated heterocycles. The number of amides is 2. The van der Waals surface area contributed by atoms with Gasteiger partial charge in [-0.15, -0.1) is 0 Å². The maximum absolute atomic E-state index is 12.2. The summed E-state index contributed by atoms with van der Waals surface area (Å²) in [6, 6.07) is 9.18. The van der Waals surface area contributed by atoms with Gasteiger partial charge in [-0.05, 0) is 18.6 Å². The first kappa shape index (κ1) is 16.5. The van der Waals surface area contributed by atoms with E-state index in [4.69, 9.17) is 0 Å². The molecule has 0 aliphatic carbocycles.